The molecule has 1 rings (SSSR count). The molecule has 0 bridgehead atoms. The summed E-state index contributed by atoms with van der Waals surface area (Å²) in [6, 6.07) is -0.501. The third-order valence-corrected chi connectivity index (χ3v) is 2.83. The molecule has 0 heterocycles. The second kappa shape index (κ2) is 4.16. The molecule has 84 valence electrons. The summed E-state index contributed by atoms with van der Waals surface area (Å²) in [5, 5.41) is 0. The van der Waals surface area contributed by atoms with E-state index in [1.807, 2.05) is 19.9 Å². The van der Waals surface area contributed by atoms with Crippen molar-refractivity contribution >= 4 is 6.29 Å². The van der Waals surface area contributed by atoms with Gasteiger partial charge in [-0.2, -0.15) is 0 Å². The molecule has 15 heavy (non-hydrogen) atoms. The van der Waals surface area contributed by atoms with Crippen LogP contribution in [-0.4, -0.2) is 32.1 Å². The van der Waals surface area contributed by atoms with Crippen LogP contribution in [0.4, 0.5) is 0 Å². The molecule has 0 aromatic rings. The van der Waals surface area contributed by atoms with E-state index in [9.17, 15) is 4.79 Å². The molecule has 2 atom stereocenters. The lowest BCUT2D eigenvalue weighted by atomic mass is 9.82. The van der Waals surface area contributed by atoms with Crippen molar-refractivity contribution in [1.29, 1.82) is 0 Å². The molecule has 0 aromatic carbocycles. The second-order valence-electron chi connectivity index (χ2n) is 3.70. The van der Waals surface area contributed by atoms with Gasteiger partial charge in [-0.15, -0.1) is 0 Å². The van der Waals surface area contributed by atoms with Crippen molar-refractivity contribution in [3.8, 4) is 0 Å². The van der Waals surface area contributed by atoms with Gasteiger partial charge in [-0.05, 0) is 19.4 Å². The fraction of sp³-hybridized carbons (Fsp3) is 0.545. The van der Waals surface area contributed by atoms with Crippen molar-refractivity contribution in [2.45, 2.75) is 25.5 Å². The minimum Gasteiger partial charge on any atom is -0.497 e. The number of allylic oxidation sites excluding steroid dienone is 2. The number of nitrogens with two attached hydrogens (primary N) is 1. The van der Waals surface area contributed by atoms with E-state index in [1.54, 1.807) is 0 Å². The van der Waals surface area contributed by atoms with Crippen LogP contribution in [0.1, 0.15) is 13.8 Å². The average molecular weight is 211 g/mol. The SMILES string of the molecule is COC1=C(C)C=C(C)C(N)C1(C=O)OC. The van der Waals surface area contributed by atoms with Gasteiger partial charge in [0.25, 0.3) is 0 Å². The molecule has 1 aliphatic rings. The molecular formula is C11H17NO3. The van der Waals surface area contributed by atoms with Crippen molar-refractivity contribution < 1.29 is 14.3 Å². The van der Waals surface area contributed by atoms with Gasteiger partial charge in [-0.1, -0.05) is 11.6 Å². The van der Waals surface area contributed by atoms with Gasteiger partial charge in [0.05, 0.1) is 13.2 Å². The molecule has 2 unspecified atom stereocenters. The number of hydrogen-bond donors (Lipinski definition) is 1. The first-order chi connectivity index (χ1) is 7.03. The van der Waals surface area contributed by atoms with Crippen LogP contribution in [0.5, 0.6) is 0 Å². The van der Waals surface area contributed by atoms with Gasteiger partial charge in [0.15, 0.2) is 11.9 Å². The Hall–Kier alpha value is -1.13. The van der Waals surface area contributed by atoms with Crippen LogP contribution in [0.25, 0.3) is 0 Å². The van der Waals surface area contributed by atoms with Crippen LogP contribution in [-0.2, 0) is 14.3 Å². The second-order valence-corrected chi connectivity index (χ2v) is 3.70. The van der Waals surface area contributed by atoms with Crippen molar-refractivity contribution in [3.63, 3.8) is 0 Å². The monoisotopic (exact) mass is 211 g/mol. The highest BCUT2D eigenvalue weighted by atomic mass is 16.5. The maximum Gasteiger partial charge on any atom is 0.198 e. The Morgan fingerprint density at radius 3 is 2.47 bits per heavy atom. The standard InChI is InChI=1S/C11H17NO3/c1-7-5-8(2)10(14-3)11(6-13,15-4)9(7)12/h5-6,9H,12H2,1-4H3. The first-order valence-electron chi connectivity index (χ1n) is 4.74. The number of hydrogen-bond acceptors (Lipinski definition) is 4. The zero-order chi connectivity index (χ0) is 11.6. The number of rotatable bonds is 3. The quantitative estimate of drug-likeness (QED) is 0.701. The lowest BCUT2D eigenvalue weighted by Crippen LogP contribution is -2.55. The van der Waals surface area contributed by atoms with Gasteiger partial charge < -0.3 is 15.2 Å². The molecule has 4 nitrogen and oxygen atoms in total. The first-order valence-corrected chi connectivity index (χ1v) is 4.74. The highest BCUT2D eigenvalue weighted by Crippen LogP contribution is 2.33. The zero-order valence-electron chi connectivity index (χ0n) is 9.53. The van der Waals surface area contributed by atoms with Crippen molar-refractivity contribution in [2.75, 3.05) is 14.2 Å². The lowest BCUT2D eigenvalue weighted by Gasteiger charge is -2.37. The summed E-state index contributed by atoms with van der Waals surface area (Å²) in [6.45, 7) is 3.74. The number of ether oxygens (including phenoxy) is 2. The zero-order valence-corrected chi connectivity index (χ0v) is 9.53. The molecule has 2 N–H and O–H groups in total. The lowest BCUT2D eigenvalue weighted by molar-refractivity contribution is -0.129. The fourth-order valence-corrected chi connectivity index (χ4v) is 2.00. The molecule has 0 spiro atoms. The van der Waals surface area contributed by atoms with Crippen molar-refractivity contribution in [2.24, 2.45) is 5.73 Å². The molecule has 0 amide bonds. The van der Waals surface area contributed by atoms with Gasteiger partial charge in [0, 0.05) is 7.11 Å². The molecule has 0 aliphatic heterocycles. The smallest absolute Gasteiger partial charge is 0.198 e. The van der Waals surface area contributed by atoms with Gasteiger partial charge in [-0.3, -0.25) is 4.79 Å². The average Bonchev–Trinajstić information content (AvgIpc) is 2.23. The number of aldehydes is 1. The molecule has 0 saturated heterocycles. The molecule has 1 aliphatic carbocycles. The van der Waals surface area contributed by atoms with Crippen molar-refractivity contribution in [1.82, 2.24) is 0 Å². The van der Waals surface area contributed by atoms with Crippen LogP contribution in [0, 0.1) is 0 Å². The van der Waals surface area contributed by atoms with E-state index in [0.717, 1.165) is 11.1 Å². The molecule has 0 fully saturated rings. The number of methoxy groups -OCH3 is 2. The number of carbonyl (C=O) groups is 1. The maximum absolute atomic E-state index is 11.2. The highest BCUT2D eigenvalue weighted by molar-refractivity contribution is 5.73. The highest BCUT2D eigenvalue weighted by Gasteiger charge is 2.46. The van der Waals surface area contributed by atoms with E-state index in [-0.39, 0.29) is 0 Å². The summed E-state index contributed by atoms with van der Waals surface area (Å²) in [5.74, 6) is 0.484. The molecule has 4 heteroatoms. The van der Waals surface area contributed by atoms with Crippen LogP contribution in [0.3, 0.4) is 0 Å². The molecule has 0 saturated carbocycles. The number of carbonyl (C=O) groups excluding carboxylic acids is 1. The fourth-order valence-electron chi connectivity index (χ4n) is 2.00. The minimum atomic E-state index is -1.18. The largest absolute Gasteiger partial charge is 0.497 e. The Morgan fingerprint density at radius 1 is 1.47 bits per heavy atom. The normalized spacial score (nSPS) is 31.3. The van der Waals surface area contributed by atoms with Crippen LogP contribution in [0.15, 0.2) is 23.0 Å². The summed E-state index contributed by atoms with van der Waals surface area (Å²) in [7, 11) is 2.97. The van der Waals surface area contributed by atoms with E-state index in [0.29, 0.717) is 12.0 Å². The van der Waals surface area contributed by atoms with Crippen LogP contribution >= 0.6 is 0 Å². The van der Waals surface area contributed by atoms with Gasteiger partial charge >= 0.3 is 0 Å². The molecule has 0 radical (unpaired) electrons. The van der Waals surface area contributed by atoms with Gasteiger partial charge in [0.1, 0.15) is 5.76 Å². The summed E-state index contributed by atoms with van der Waals surface area (Å²) in [6.07, 6.45) is 2.61. The Kier molecular flexibility index (Phi) is 3.31. The summed E-state index contributed by atoms with van der Waals surface area (Å²) >= 11 is 0. The Morgan fingerprint density at radius 2 is 2.07 bits per heavy atom. The third-order valence-electron chi connectivity index (χ3n) is 2.83. The van der Waals surface area contributed by atoms with E-state index >= 15 is 0 Å². The Labute approximate surface area is 89.7 Å². The van der Waals surface area contributed by atoms with Gasteiger partial charge in [0.2, 0.25) is 0 Å². The summed E-state index contributed by atoms with van der Waals surface area (Å²) < 4.78 is 10.5. The first kappa shape index (κ1) is 11.9. The predicted octanol–water partition coefficient (Wildman–Crippen LogP) is 0.778. The van der Waals surface area contributed by atoms with Crippen LogP contribution < -0.4 is 5.73 Å². The summed E-state index contributed by atoms with van der Waals surface area (Å²) in [5.41, 5.74) is 6.56. The molecular weight excluding hydrogens is 194 g/mol. The topological polar surface area (TPSA) is 61.5 Å². The van der Waals surface area contributed by atoms with E-state index in [2.05, 4.69) is 0 Å². The minimum absolute atomic E-state index is 0.484. The third kappa shape index (κ3) is 1.60. The molecule has 0 aromatic heterocycles. The van der Waals surface area contributed by atoms with E-state index in [4.69, 9.17) is 15.2 Å². The maximum atomic E-state index is 11.2. The predicted molar refractivity (Wildman–Crippen MR) is 57.2 cm³/mol. The van der Waals surface area contributed by atoms with E-state index < -0.39 is 11.6 Å². The Bertz CT molecular complexity index is 333. The van der Waals surface area contributed by atoms with E-state index in [1.165, 1.54) is 14.2 Å². The van der Waals surface area contributed by atoms with Crippen LogP contribution in [0.2, 0.25) is 0 Å². The summed E-state index contributed by atoms with van der Waals surface area (Å²) in [4.78, 5) is 11.2. The Balaban J connectivity index is 3.36. The van der Waals surface area contributed by atoms with Gasteiger partial charge in [-0.25, -0.2) is 0 Å². The van der Waals surface area contributed by atoms with Crippen molar-refractivity contribution in [3.05, 3.63) is 23.0 Å².